The van der Waals surface area contributed by atoms with Crippen LogP contribution < -0.4 is 24.6 Å². The van der Waals surface area contributed by atoms with Gasteiger partial charge in [0.2, 0.25) is 0 Å². The Morgan fingerprint density at radius 1 is 0.522 bits per heavy atom. The molecule has 0 saturated carbocycles. The smallest absolute Gasteiger partial charge is 0.319 e. The number of aromatic hydroxyl groups is 1. The molecule has 0 spiro atoms. The number of hydrogen-bond acceptors (Lipinski definition) is 8. The van der Waals surface area contributed by atoms with Gasteiger partial charge in [-0.25, -0.2) is 0 Å². The first kappa shape index (κ1) is 52.5. The molecule has 6 rings (SSSR count). The van der Waals surface area contributed by atoms with E-state index in [9.17, 15) is 14.7 Å². The van der Waals surface area contributed by atoms with Crippen LogP contribution in [-0.2, 0) is 0 Å². The Morgan fingerprint density at radius 2 is 0.925 bits per heavy atom. The lowest BCUT2D eigenvalue weighted by Crippen LogP contribution is -2.68. The first-order chi connectivity index (χ1) is 32.5. The number of aldehydes is 2. The molecule has 354 valence electrons. The highest BCUT2D eigenvalue weighted by atomic mass is 32.1. The van der Waals surface area contributed by atoms with Crippen molar-refractivity contribution in [1.82, 2.24) is 0 Å². The molecule has 0 aliphatic rings. The fourth-order valence-corrected chi connectivity index (χ4v) is 14.0. The van der Waals surface area contributed by atoms with Gasteiger partial charge in [-0.3, -0.25) is 9.59 Å². The first-order valence-corrected chi connectivity index (χ1v) is 27.8. The molecule has 0 radical (unpaired) electrons. The van der Waals surface area contributed by atoms with Crippen LogP contribution in [0.2, 0.25) is 5.04 Å². The summed E-state index contributed by atoms with van der Waals surface area (Å²) in [5.41, 5.74) is 4.12. The summed E-state index contributed by atoms with van der Waals surface area (Å²) in [4.78, 5) is 30.4. The molecule has 0 atom stereocenters. The number of phenols is 1. The molecule has 6 nitrogen and oxygen atoms in total. The zero-order valence-corrected chi connectivity index (χ0v) is 43.5. The highest BCUT2D eigenvalue weighted by molar-refractivity contribution is 7.14. The van der Waals surface area contributed by atoms with Gasteiger partial charge in [-0.1, -0.05) is 135 Å². The Labute approximate surface area is 410 Å². The van der Waals surface area contributed by atoms with E-state index in [0.29, 0.717) is 10.6 Å². The molecule has 1 N–H and O–H groups in total. The minimum atomic E-state index is -2.84. The van der Waals surface area contributed by atoms with E-state index in [0.717, 1.165) is 102 Å². The van der Waals surface area contributed by atoms with Gasteiger partial charge in [0.15, 0.2) is 12.6 Å². The Bertz CT molecular complexity index is 2410. The third-order valence-electron chi connectivity index (χ3n) is 11.9. The molecule has 0 fully saturated rings. The van der Waals surface area contributed by atoms with E-state index in [1.165, 1.54) is 64.4 Å². The second-order valence-corrected chi connectivity index (χ2v) is 24.5. The molecule has 4 aromatic carbocycles. The van der Waals surface area contributed by atoms with E-state index in [4.69, 9.17) is 4.43 Å². The normalized spacial score (nSPS) is 11.7. The number of nitrogens with zero attached hydrogens (tertiary/aromatic N) is 2. The lowest BCUT2D eigenvalue weighted by Gasteiger charge is -2.43. The summed E-state index contributed by atoms with van der Waals surface area (Å²) < 4.78 is 7.59. The van der Waals surface area contributed by atoms with Crippen LogP contribution in [0.4, 0.5) is 11.4 Å². The van der Waals surface area contributed by atoms with Gasteiger partial charge in [0.05, 0.1) is 9.75 Å². The summed E-state index contributed by atoms with van der Waals surface area (Å²) >= 11 is 2.94. The zero-order valence-electron chi connectivity index (χ0n) is 40.9. The third-order valence-corrected chi connectivity index (χ3v) is 18.8. The molecule has 0 saturated heterocycles. The Morgan fingerprint density at radius 3 is 1.31 bits per heavy atom. The van der Waals surface area contributed by atoms with Crippen molar-refractivity contribution < 1.29 is 19.1 Å². The van der Waals surface area contributed by atoms with Crippen molar-refractivity contribution in [3.63, 3.8) is 0 Å². The Balaban J connectivity index is 0.000000286. The maximum atomic E-state index is 11.3. The van der Waals surface area contributed by atoms with Crippen LogP contribution >= 0.6 is 22.7 Å². The van der Waals surface area contributed by atoms with Crippen LogP contribution in [0.3, 0.4) is 0 Å². The van der Waals surface area contributed by atoms with Crippen molar-refractivity contribution >= 4 is 89.6 Å². The molecular weight excluding hydrogens is 881 g/mol. The molecule has 6 aromatic rings. The monoisotopic (exact) mass is 952 g/mol. The van der Waals surface area contributed by atoms with Crippen LogP contribution in [0.5, 0.6) is 11.5 Å². The first-order valence-electron chi connectivity index (χ1n) is 24.2. The molecule has 0 bridgehead atoms. The fourth-order valence-electron chi connectivity index (χ4n) is 8.15. The number of carbonyl (C=O) groups is 2. The van der Waals surface area contributed by atoms with E-state index in [1.807, 2.05) is 42.5 Å². The lowest BCUT2D eigenvalue weighted by atomic mass is 10.1. The standard InChI is InChI=1S/C37H45NO2SSi.C21H27NO2S/c1-6-8-26-38(27-9-7-2)31-22-20-30(21-23-32-24-25-33(29-39)41-32)36(28-31)40-42(37(3,4)5,34-16-12-10-13-17-34)35-18-14-11-15-19-35;1-3-5-13-22(14-6-4-2)18-9-7-17(21(24)15-18)8-10-19-11-12-20(16-23)25-19/h10-25,28-29H,6-9,26-27H2,1-5H3;7-12,15-16,24H,3-6,13-14H2,1-2H3/b23-21+;10-8+. The van der Waals surface area contributed by atoms with Crippen molar-refractivity contribution in [3.05, 3.63) is 152 Å². The maximum Gasteiger partial charge on any atom is 0.319 e. The topological polar surface area (TPSA) is 70.1 Å². The van der Waals surface area contributed by atoms with Gasteiger partial charge in [0.25, 0.3) is 0 Å². The Hall–Kier alpha value is -5.48. The largest absolute Gasteiger partial charge is 0.534 e. The molecule has 2 aromatic heterocycles. The van der Waals surface area contributed by atoms with E-state index in [1.54, 1.807) is 6.07 Å². The second-order valence-electron chi connectivity index (χ2n) is 18.0. The predicted octanol–water partition coefficient (Wildman–Crippen LogP) is 14.9. The summed E-state index contributed by atoms with van der Waals surface area (Å²) in [7, 11) is -2.84. The minimum absolute atomic E-state index is 0.149. The molecule has 2 heterocycles. The summed E-state index contributed by atoms with van der Waals surface area (Å²) in [6.45, 7) is 20.0. The number of anilines is 2. The third kappa shape index (κ3) is 14.8. The average molecular weight is 953 g/mol. The van der Waals surface area contributed by atoms with Gasteiger partial charge in [-0.15, -0.1) is 22.7 Å². The predicted molar refractivity (Wildman–Crippen MR) is 294 cm³/mol. The molecule has 9 heteroatoms. The van der Waals surface area contributed by atoms with Crippen LogP contribution in [0.25, 0.3) is 24.3 Å². The van der Waals surface area contributed by atoms with E-state index >= 15 is 0 Å². The van der Waals surface area contributed by atoms with Gasteiger partial charge < -0.3 is 19.3 Å². The maximum absolute atomic E-state index is 11.3. The van der Waals surface area contributed by atoms with Crippen molar-refractivity contribution in [2.45, 2.75) is 105 Å². The van der Waals surface area contributed by atoms with Crippen molar-refractivity contribution in [2.75, 3.05) is 36.0 Å². The van der Waals surface area contributed by atoms with Crippen molar-refractivity contribution in [3.8, 4) is 11.5 Å². The molecule has 0 amide bonds. The van der Waals surface area contributed by atoms with Crippen molar-refractivity contribution in [1.29, 1.82) is 0 Å². The van der Waals surface area contributed by atoms with Crippen LogP contribution in [-0.4, -0.2) is 52.2 Å². The Kier molecular flexibility index (Phi) is 21.0. The molecule has 0 unspecified atom stereocenters. The summed E-state index contributed by atoms with van der Waals surface area (Å²) in [6.07, 6.45) is 19.1. The molecule has 0 aliphatic heterocycles. The van der Waals surface area contributed by atoms with E-state index < -0.39 is 8.32 Å². The fraction of sp³-hybridized carbons (Fsp3) is 0.345. The number of phenolic OH excluding ortho intramolecular Hbond substituents is 1. The summed E-state index contributed by atoms with van der Waals surface area (Å²) in [5, 5.41) is 12.8. The number of carbonyl (C=O) groups excluding carboxylic acids is 2. The SMILES string of the molecule is CCCCN(CCCC)c1ccc(/C=C/c2ccc(C=O)s2)c(O)c1.CCCCN(CCCC)c1ccc(/C=C/c2ccc(C=O)s2)c(O[Si](c2ccccc2)(c2ccccc2)C(C)(C)C)c1. The molecular formula is C58H72N2O4S2Si. The second kappa shape index (κ2) is 26.8. The zero-order chi connectivity index (χ0) is 48.1. The van der Waals surface area contributed by atoms with E-state index in [2.05, 4.69) is 155 Å². The summed E-state index contributed by atoms with van der Waals surface area (Å²) in [5.74, 6) is 1.20. The van der Waals surface area contributed by atoms with Crippen molar-refractivity contribution in [2.24, 2.45) is 0 Å². The lowest BCUT2D eigenvalue weighted by molar-refractivity contribution is 0.111. The molecule has 67 heavy (non-hydrogen) atoms. The number of hydrogen-bond donors (Lipinski definition) is 1. The van der Waals surface area contributed by atoms with Gasteiger partial charge in [0.1, 0.15) is 11.5 Å². The van der Waals surface area contributed by atoms with E-state index in [-0.39, 0.29) is 5.04 Å². The highest BCUT2D eigenvalue weighted by Crippen LogP contribution is 2.40. The highest BCUT2D eigenvalue weighted by Gasteiger charge is 2.52. The number of unbranched alkanes of at least 4 members (excludes halogenated alkanes) is 4. The number of benzene rings is 4. The molecule has 0 aliphatic carbocycles. The number of thiophene rings is 2. The van der Waals surface area contributed by atoms with Gasteiger partial charge in [-0.2, -0.15) is 0 Å². The van der Waals surface area contributed by atoms with Crippen LogP contribution in [0.1, 0.15) is 140 Å². The van der Waals surface area contributed by atoms with Gasteiger partial charge >= 0.3 is 8.32 Å². The minimum Gasteiger partial charge on any atom is -0.534 e. The van der Waals surface area contributed by atoms with Gasteiger partial charge in [0, 0.05) is 70.6 Å². The summed E-state index contributed by atoms with van der Waals surface area (Å²) in [6, 6.07) is 41.9. The average Bonchev–Trinajstić information content (AvgIpc) is 4.03. The van der Waals surface area contributed by atoms with Crippen LogP contribution in [0.15, 0.2) is 121 Å². The van der Waals surface area contributed by atoms with Crippen LogP contribution in [0, 0.1) is 0 Å². The van der Waals surface area contributed by atoms with Gasteiger partial charge in [-0.05, 0) is 114 Å². The number of rotatable bonds is 24. The quantitative estimate of drug-likeness (QED) is 0.0481.